The van der Waals surface area contributed by atoms with Gasteiger partial charge in [-0.05, 0) is 58.4 Å². The van der Waals surface area contributed by atoms with Crippen LogP contribution in [0.2, 0.25) is 0 Å². The molecular formula is C22H25N5O2. The Hall–Kier alpha value is -3.22. The van der Waals surface area contributed by atoms with Gasteiger partial charge >= 0.3 is 0 Å². The van der Waals surface area contributed by atoms with Gasteiger partial charge in [-0.3, -0.25) is 4.79 Å². The number of ether oxygens (including phenoxy) is 1. The maximum absolute atomic E-state index is 12.5. The molecule has 1 aromatic carbocycles. The molecule has 1 amide bonds. The van der Waals surface area contributed by atoms with Gasteiger partial charge in [-0.1, -0.05) is 12.1 Å². The highest BCUT2D eigenvalue weighted by Crippen LogP contribution is 2.40. The molecule has 7 heteroatoms. The minimum absolute atomic E-state index is 0.0458. The maximum atomic E-state index is 12.5. The molecule has 0 saturated carbocycles. The fraction of sp³-hybridized carbons (Fsp3) is 0.364. The van der Waals surface area contributed by atoms with Crippen LogP contribution in [0.3, 0.4) is 0 Å². The van der Waals surface area contributed by atoms with Crippen molar-refractivity contribution in [2.24, 2.45) is 0 Å². The molecule has 1 aliphatic rings. The zero-order chi connectivity index (χ0) is 20.7. The van der Waals surface area contributed by atoms with E-state index >= 15 is 0 Å². The number of rotatable bonds is 4. The van der Waals surface area contributed by atoms with Crippen molar-refractivity contribution >= 4 is 11.7 Å². The third-order valence-electron chi connectivity index (χ3n) is 4.92. The highest BCUT2D eigenvalue weighted by atomic mass is 16.5. The third-order valence-corrected chi connectivity index (χ3v) is 4.92. The molecule has 0 spiro atoms. The molecular weight excluding hydrogens is 366 g/mol. The number of fused-ring (bicyclic) bond motifs is 1. The van der Waals surface area contributed by atoms with E-state index in [4.69, 9.17) is 4.74 Å². The van der Waals surface area contributed by atoms with Gasteiger partial charge < -0.3 is 10.1 Å². The first-order valence-electron chi connectivity index (χ1n) is 9.80. The molecule has 0 bridgehead atoms. The van der Waals surface area contributed by atoms with Crippen molar-refractivity contribution in [2.45, 2.75) is 53.1 Å². The fourth-order valence-electron chi connectivity index (χ4n) is 3.83. The Morgan fingerprint density at radius 3 is 2.38 bits per heavy atom. The first kappa shape index (κ1) is 19.1. The third kappa shape index (κ3) is 3.72. The first-order chi connectivity index (χ1) is 13.8. The topological polar surface area (TPSA) is 81.9 Å². The van der Waals surface area contributed by atoms with Gasteiger partial charge in [-0.25, -0.2) is 9.97 Å². The summed E-state index contributed by atoms with van der Waals surface area (Å²) in [7, 11) is 0. The molecule has 0 unspecified atom stereocenters. The number of aromatic nitrogens is 4. The van der Waals surface area contributed by atoms with Gasteiger partial charge in [0.05, 0.1) is 11.8 Å². The number of anilines is 1. The SMILES string of the molecule is Cc1cc(C)nc(-n2nc(C)c3c2NC(=O)C[C@H]3c2ccc(OC(C)C)cc2)n1. The van der Waals surface area contributed by atoms with Gasteiger partial charge in [-0.2, -0.15) is 9.78 Å². The van der Waals surface area contributed by atoms with Gasteiger partial charge in [0.15, 0.2) is 0 Å². The first-order valence-corrected chi connectivity index (χ1v) is 9.80. The molecule has 0 fully saturated rings. The van der Waals surface area contributed by atoms with Crippen molar-refractivity contribution in [3.63, 3.8) is 0 Å². The van der Waals surface area contributed by atoms with Crippen molar-refractivity contribution in [3.05, 3.63) is 58.5 Å². The lowest BCUT2D eigenvalue weighted by atomic mass is 9.86. The van der Waals surface area contributed by atoms with E-state index in [9.17, 15) is 4.79 Å². The molecule has 29 heavy (non-hydrogen) atoms. The normalized spacial score (nSPS) is 15.9. The Morgan fingerprint density at radius 1 is 1.10 bits per heavy atom. The van der Waals surface area contributed by atoms with Crippen molar-refractivity contribution in [3.8, 4) is 11.7 Å². The van der Waals surface area contributed by atoms with E-state index in [0.717, 1.165) is 34.0 Å². The summed E-state index contributed by atoms with van der Waals surface area (Å²) in [6, 6.07) is 9.86. The number of hydrogen-bond acceptors (Lipinski definition) is 5. The van der Waals surface area contributed by atoms with E-state index in [0.29, 0.717) is 18.2 Å². The maximum Gasteiger partial charge on any atom is 0.252 e. The van der Waals surface area contributed by atoms with Gasteiger partial charge in [0.25, 0.3) is 5.95 Å². The molecule has 1 N–H and O–H groups in total. The Morgan fingerprint density at radius 2 is 1.76 bits per heavy atom. The fourth-order valence-corrected chi connectivity index (χ4v) is 3.83. The summed E-state index contributed by atoms with van der Waals surface area (Å²) in [6.45, 7) is 9.79. The van der Waals surface area contributed by atoms with E-state index in [-0.39, 0.29) is 17.9 Å². The number of benzene rings is 1. The Bertz CT molecular complexity index is 1050. The van der Waals surface area contributed by atoms with Crippen LogP contribution in [0.4, 0.5) is 5.82 Å². The van der Waals surface area contributed by atoms with E-state index in [1.165, 1.54) is 0 Å². The molecule has 150 valence electrons. The van der Waals surface area contributed by atoms with Crippen LogP contribution in [0.25, 0.3) is 5.95 Å². The van der Waals surface area contributed by atoms with Gasteiger partial charge in [0.2, 0.25) is 5.91 Å². The van der Waals surface area contributed by atoms with Crippen molar-refractivity contribution in [2.75, 3.05) is 5.32 Å². The molecule has 0 saturated heterocycles. The lowest BCUT2D eigenvalue weighted by molar-refractivity contribution is -0.116. The molecule has 0 radical (unpaired) electrons. The summed E-state index contributed by atoms with van der Waals surface area (Å²) in [5, 5.41) is 7.64. The second-order valence-corrected chi connectivity index (χ2v) is 7.75. The monoisotopic (exact) mass is 391 g/mol. The second kappa shape index (κ2) is 7.31. The largest absolute Gasteiger partial charge is 0.491 e. The highest BCUT2D eigenvalue weighted by Gasteiger charge is 2.33. The number of aryl methyl sites for hydroxylation is 3. The predicted octanol–water partition coefficient (Wildman–Crippen LogP) is 3.85. The molecule has 3 aromatic rings. The van der Waals surface area contributed by atoms with E-state index in [2.05, 4.69) is 20.4 Å². The molecule has 7 nitrogen and oxygen atoms in total. The van der Waals surface area contributed by atoms with Crippen LogP contribution in [-0.2, 0) is 4.79 Å². The average Bonchev–Trinajstić information content (AvgIpc) is 2.97. The van der Waals surface area contributed by atoms with Crippen LogP contribution in [0, 0.1) is 20.8 Å². The molecule has 1 atom stereocenters. The van der Waals surface area contributed by atoms with Crippen LogP contribution in [-0.4, -0.2) is 31.8 Å². The van der Waals surface area contributed by atoms with E-state index in [1.54, 1.807) is 4.68 Å². The smallest absolute Gasteiger partial charge is 0.252 e. The number of carbonyl (C=O) groups is 1. The molecule has 0 aliphatic carbocycles. The lowest BCUT2D eigenvalue weighted by Gasteiger charge is -2.24. The summed E-state index contributed by atoms with van der Waals surface area (Å²) < 4.78 is 7.39. The number of nitrogens with zero attached hydrogens (tertiary/aromatic N) is 4. The number of hydrogen-bond donors (Lipinski definition) is 1. The molecule has 3 heterocycles. The van der Waals surface area contributed by atoms with Crippen LogP contribution in [0.1, 0.15) is 54.4 Å². The van der Waals surface area contributed by atoms with Gasteiger partial charge in [-0.15, -0.1) is 0 Å². The van der Waals surface area contributed by atoms with Crippen LogP contribution >= 0.6 is 0 Å². The summed E-state index contributed by atoms with van der Waals surface area (Å²) in [5.41, 5.74) is 4.63. The van der Waals surface area contributed by atoms with Gasteiger partial charge in [0, 0.05) is 29.3 Å². The number of amides is 1. The molecule has 4 rings (SSSR count). The van der Waals surface area contributed by atoms with Crippen LogP contribution < -0.4 is 10.1 Å². The second-order valence-electron chi connectivity index (χ2n) is 7.75. The Balaban J connectivity index is 1.78. The van der Waals surface area contributed by atoms with Crippen LogP contribution in [0.15, 0.2) is 30.3 Å². The predicted molar refractivity (Wildman–Crippen MR) is 111 cm³/mol. The Labute approximate surface area is 170 Å². The minimum atomic E-state index is -0.0773. The molecule has 1 aliphatic heterocycles. The summed E-state index contributed by atoms with van der Waals surface area (Å²) >= 11 is 0. The standard InChI is InChI=1S/C22H25N5O2/c1-12(2)29-17-8-6-16(7-9-17)18-11-19(28)25-21-20(18)15(5)26-27(21)22-23-13(3)10-14(4)24-22/h6-10,12,18H,11H2,1-5H3,(H,25,28)/t18-/m0/s1. The summed E-state index contributed by atoms with van der Waals surface area (Å²) in [4.78, 5) is 21.5. The van der Waals surface area contributed by atoms with E-state index in [1.807, 2.05) is 65.0 Å². The van der Waals surface area contributed by atoms with Crippen molar-refractivity contribution < 1.29 is 9.53 Å². The number of carbonyl (C=O) groups excluding carboxylic acids is 1. The van der Waals surface area contributed by atoms with E-state index < -0.39 is 0 Å². The quantitative estimate of drug-likeness (QED) is 0.730. The van der Waals surface area contributed by atoms with Crippen LogP contribution in [0.5, 0.6) is 5.75 Å². The van der Waals surface area contributed by atoms with Crippen molar-refractivity contribution in [1.82, 2.24) is 19.7 Å². The number of nitrogens with one attached hydrogen (secondary N) is 1. The average molecular weight is 391 g/mol. The summed E-state index contributed by atoms with van der Waals surface area (Å²) in [6.07, 6.45) is 0.489. The lowest BCUT2D eigenvalue weighted by Crippen LogP contribution is -2.25. The van der Waals surface area contributed by atoms with Crippen molar-refractivity contribution in [1.29, 1.82) is 0 Å². The Kier molecular flexibility index (Phi) is 4.82. The zero-order valence-electron chi connectivity index (χ0n) is 17.4. The highest BCUT2D eigenvalue weighted by molar-refractivity contribution is 5.95. The summed E-state index contributed by atoms with van der Waals surface area (Å²) in [5.74, 6) is 1.81. The van der Waals surface area contributed by atoms with Gasteiger partial charge in [0.1, 0.15) is 11.6 Å². The molecule has 2 aromatic heterocycles. The minimum Gasteiger partial charge on any atom is -0.491 e. The zero-order valence-corrected chi connectivity index (χ0v) is 17.4.